The number of hydrogen-bond acceptors (Lipinski definition) is 4. The molecule has 6 heteroatoms. The van der Waals surface area contributed by atoms with Crippen LogP contribution >= 0.6 is 11.6 Å². The number of hydrogen-bond donors (Lipinski definition) is 1. The predicted octanol–water partition coefficient (Wildman–Crippen LogP) is 2.15. The summed E-state index contributed by atoms with van der Waals surface area (Å²) in [6, 6.07) is 1.34. The summed E-state index contributed by atoms with van der Waals surface area (Å²) < 4.78 is 5.51. The van der Waals surface area contributed by atoms with Gasteiger partial charge in [-0.15, -0.1) is 0 Å². The first-order chi connectivity index (χ1) is 8.25. The minimum atomic E-state index is -1.10. The molecular weight excluding hydrogens is 256 g/mol. The molecule has 1 N–H and O–H groups in total. The first-order valence-electron chi connectivity index (χ1n) is 5.43. The van der Waals surface area contributed by atoms with E-state index < -0.39 is 5.97 Å². The number of aromatic nitrogens is 1. The van der Waals surface area contributed by atoms with Gasteiger partial charge >= 0.3 is 5.97 Å². The average molecular weight is 273 g/mol. The second-order valence-corrected chi connectivity index (χ2v) is 5.16. The molecule has 18 heavy (non-hydrogen) atoms. The van der Waals surface area contributed by atoms with Crippen LogP contribution in [0.15, 0.2) is 12.3 Å². The third-order valence-electron chi connectivity index (χ3n) is 2.86. The first-order valence-corrected chi connectivity index (χ1v) is 5.81. The summed E-state index contributed by atoms with van der Waals surface area (Å²) in [4.78, 5) is 16.9. The van der Waals surface area contributed by atoms with Gasteiger partial charge in [-0.2, -0.15) is 0 Å². The van der Waals surface area contributed by atoms with E-state index in [9.17, 15) is 4.79 Å². The van der Waals surface area contributed by atoms with Gasteiger partial charge in [0.25, 0.3) is 0 Å². The second-order valence-electron chi connectivity index (χ2n) is 4.78. The maximum absolute atomic E-state index is 10.9. The number of aromatic carboxylic acids is 1. The van der Waals surface area contributed by atoms with Crippen LogP contribution in [0.2, 0.25) is 5.02 Å². The fourth-order valence-corrected chi connectivity index (χ4v) is 1.31. The van der Waals surface area contributed by atoms with Gasteiger partial charge < -0.3 is 14.7 Å². The lowest BCUT2D eigenvalue weighted by Gasteiger charge is -2.32. The Morgan fingerprint density at radius 3 is 2.67 bits per heavy atom. The number of carboxylic acid groups (broad SMARTS) is 1. The lowest BCUT2D eigenvalue weighted by Crippen LogP contribution is -2.43. The summed E-state index contributed by atoms with van der Waals surface area (Å²) in [6.07, 6.45) is 1.37. The summed E-state index contributed by atoms with van der Waals surface area (Å²) in [5.41, 5.74) is -0.214. The smallest absolute Gasteiger partial charge is 0.337 e. The fourth-order valence-electron chi connectivity index (χ4n) is 1.06. The van der Waals surface area contributed by atoms with Crippen LogP contribution < -0.4 is 4.74 Å². The number of likely N-dealkylation sites (N-methyl/N-ethyl adjacent to an activating group) is 1. The van der Waals surface area contributed by atoms with Crippen molar-refractivity contribution >= 4 is 17.6 Å². The van der Waals surface area contributed by atoms with E-state index in [1.807, 2.05) is 32.8 Å². The molecule has 100 valence electrons. The zero-order valence-corrected chi connectivity index (χ0v) is 11.7. The highest BCUT2D eigenvalue weighted by molar-refractivity contribution is 6.34. The number of carboxylic acids is 1. The Bertz CT molecular complexity index is 447. The van der Waals surface area contributed by atoms with Crippen molar-refractivity contribution in [1.82, 2.24) is 9.88 Å². The number of halogens is 1. The zero-order chi connectivity index (χ0) is 13.9. The molecule has 0 fully saturated rings. The summed E-state index contributed by atoms with van der Waals surface area (Å²) in [6.45, 7) is 4.36. The van der Waals surface area contributed by atoms with Gasteiger partial charge in [0, 0.05) is 11.7 Å². The van der Waals surface area contributed by atoms with E-state index in [-0.39, 0.29) is 22.0 Å². The summed E-state index contributed by atoms with van der Waals surface area (Å²) in [5, 5.41) is 8.96. The fraction of sp³-hybridized carbons (Fsp3) is 0.500. The Hall–Kier alpha value is -1.33. The van der Waals surface area contributed by atoms with E-state index in [0.29, 0.717) is 6.61 Å². The van der Waals surface area contributed by atoms with E-state index >= 15 is 0 Å². The summed E-state index contributed by atoms with van der Waals surface area (Å²) in [7, 11) is 3.87. The average Bonchev–Trinajstić information content (AvgIpc) is 2.27. The molecular formula is C12H17ClN2O3. The molecule has 0 aromatic carbocycles. The van der Waals surface area contributed by atoms with Crippen LogP contribution in [0.5, 0.6) is 5.88 Å². The highest BCUT2D eigenvalue weighted by Crippen LogP contribution is 2.26. The Morgan fingerprint density at radius 2 is 2.17 bits per heavy atom. The third-order valence-corrected chi connectivity index (χ3v) is 3.23. The second kappa shape index (κ2) is 5.54. The minimum Gasteiger partial charge on any atom is -0.478 e. The van der Waals surface area contributed by atoms with Crippen molar-refractivity contribution in [3.05, 3.63) is 22.8 Å². The van der Waals surface area contributed by atoms with Crippen molar-refractivity contribution in [1.29, 1.82) is 0 Å². The number of pyridine rings is 1. The van der Waals surface area contributed by atoms with Gasteiger partial charge in [0.2, 0.25) is 5.88 Å². The van der Waals surface area contributed by atoms with Crippen LogP contribution in [0, 0.1) is 0 Å². The molecule has 1 aromatic heterocycles. The summed E-state index contributed by atoms with van der Waals surface area (Å²) >= 11 is 5.93. The molecule has 1 aromatic rings. The van der Waals surface area contributed by atoms with Gasteiger partial charge in [0.15, 0.2) is 0 Å². The van der Waals surface area contributed by atoms with Gasteiger partial charge in [-0.05, 0) is 34.0 Å². The molecule has 1 rings (SSSR count). The van der Waals surface area contributed by atoms with Crippen LogP contribution in [-0.4, -0.2) is 47.2 Å². The van der Waals surface area contributed by atoms with Gasteiger partial charge in [-0.25, -0.2) is 9.78 Å². The van der Waals surface area contributed by atoms with E-state index in [0.717, 1.165) is 0 Å². The van der Waals surface area contributed by atoms with Gasteiger partial charge in [0.05, 0.1) is 5.56 Å². The van der Waals surface area contributed by atoms with E-state index in [1.54, 1.807) is 0 Å². The molecule has 0 atom stereocenters. The number of carbonyl (C=O) groups is 1. The van der Waals surface area contributed by atoms with Crippen molar-refractivity contribution in [3.63, 3.8) is 0 Å². The van der Waals surface area contributed by atoms with Crippen LogP contribution in [0.4, 0.5) is 0 Å². The molecule has 0 bridgehead atoms. The SMILES string of the molecule is CN(C)C(C)(C)COc1nccc(C(=O)O)c1Cl. The lowest BCUT2D eigenvalue weighted by atomic mass is 10.1. The summed E-state index contributed by atoms with van der Waals surface area (Å²) in [5.74, 6) is -0.953. The van der Waals surface area contributed by atoms with Gasteiger partial charge in [-0.3, -0.25) is 0 Å². The highest BCUT2D eigenvalue weighted by Gasteiger charge is 2.23. The molecule has 0 aliphatic carbocycles. The van der Waals surface area contributed by atoms with Crippen LogP contribution in [-0.2, 0) is 0 Å². The van der Waals surface area contributed by atoms with E-state index in [2.05, 4.69) is 4.98 Å². The molecule has 1 heterocycles. The predicted molar refractivity (Wildman–Crippen MR) is 69.5 cm³/mol. The molecule has 0 aliphatic rings. The zero-order valence-electron chi connectivity index (χ0n) is 10.9. The quantitative estimate of drug-likeness (QED) is 0.890. The number of rotatable bonds is 5. The maximum Gasteiger partial charge on any atom is 0.337 e. The normalized spacial score (nSPS) is 11.7. The lowest BCUT2D eigenvalue weighted by molar-refractivity contribution is 0.0695. The minimum absolute atomic E-state index is 0.00988. The Kier molecular flexibility index (Phi) is 4.53. The molecule has 0 amide bonds. The Morgan fingerprint density at radius 1 is 1.56 bits per heavy atom. The van der Waals surface area contributed by atoms with Crippen LogP contribution in [0.3, 0.4) is 0 Å². The highest BCUT2D eigenvalue weighted by atomic mass is 35.5. The van der Waals surface area contributed by atoms with Crippen LogP contribution in [0.25, 0.3) is 0 Å². The number of ether oxygens (including phenoxy) is 1. The monoisotopic (exact) mass is 272 g/mol. The molecule has 0 saturated carbocycles. The van der Waals surface area contributed by atoms with Crippen LogP contribution in [0.1, 0.15) is 24.2 Å². The molecule has 0 aliphatic heterocycles. The van der Waals surface area contributed by atoms with Crippen molar-refractivity contribution in [3.8, 4) is 5.88 Å². The van der Waals surface area contributed by atoms with Crippen molar-refractivity contribution in [2.45, 2.75) is 19.4 Å². The Balaban J connectivity index is 2.87. The van der Waals surface area contributed by atoms with Crippen molar-refractivity contribution in [2.24, 2.45) is 0 Å². The third kappa shape index (κ3) is 3.34. The van der Waals surface area contributed by atoms with Gasteiger partial charge in [0.1, 0.15) is 11.6 Å². The largest absolute Gasteiger partial charge is 0.478 e. The van der Waals surface area contributed by atoms with E-state index in [1.165, 1.54) is 12.3 Å². The Labute approximate surface area is 111 Å². The van der Waals surface area contributed by atoms with Crippen molar-refractivity contribution in [2.75, 3.05) is 20.7 Å². The molecule has 0 spiro atoms. The van der Waals surface area contributed by atoms with Crippen molar-refractivity contribution < 1.29 is 14.6 Å². The first kappa shape index (κ1) is 14.7. The van der Waals surface area contributed by atoms with Gasteiger partial charge in [-0.1, -0.05) is 11.6 Å². The standard InChI is InChI=1S/C12H17ClN2O3/c1-12(2,15(3)4)7-18-10-9(13)8(11(16)17)5-6-14-10/h5-6H,7H2,1-4H3,(H,16,17). The maximum atomic E-state index is 10.9. The topological polar surface area (TPSA) is 62.7 Å². The molecule has 5 nitrogen and oxygen atoms in total. The van der Waals surface area contributed by atoms with E-state index in [4.69, 9.17) is 21.4 Å². The number of nitrogens with zero attached hydrogens (tertiary/aromatic N) is 2. The molecule has 0 radical (unpaired) electrons. The molecule has 0 unspecified atom stereocenters. The molecule has 0 saturated heterocycles.